The number of hydrogen-bond acceptors (Lipinski definition) is 3. The van der Waals surface area contributed by atoms with Crippen molar-refractivity contribution in [1.82, 2.24) is 9.55 Å². The van der Waals surface area contributed by atoms with Gasteiger partial charge in [0.2, 0.25) is 0 Å². The molecule has 1 N–H and O–H groups in total. The van der Waals surface area contributed by atoms with Crippen molar-refractivity contribution >= 4 is 23.2 Å². The minimum Gasteiger partial charge on any atom is -0.489 e. The second-order valence-electron chi connectivity index (χ2n) is 4.17. The largest absolute Gasteiger partial charge is 0.489 e. The molecule has 0 aliphatic rings. The van der Waals surface area contributed by atoms with Gasteiger partial charge in [0.05, 0.1) is 11.6 Å². The molecule has 0 spiro atoms. The summed E-state index contributed by atoms with van der Waals surface area (Å²) in [4.78, 5) is 4.09. The van der Waals surface area contributed by atoms with Gasteiger partial charge in [-0.05, 0) is 19.1 Å². The molecule has 0 radical (unpaired) electrons. The Morgan fingerprint density at radius 1 is 1.42 bits per heavy atom. The van der Waals surface area contributed by atoms with Crippen molar-refractivity contribution in [2.24, 2.45) is 0 Å². The highest BCUT2D eigenvalue weighted by Gasteiger charge is 2.10. The van der Waals surface area contributed by atoms with E-state index >= 15 is 0 Å². The summed E-state index contributed by atoms with van der Waals surface area (Å²) in [6, 6.07) is 4.96. The van der Waals surface area contributed by atoms with Crippen molar-refractivity contribution in [3.05, 3.63) is 46.5 Å². The van der Waals surface area contributed by atoms with Crippen LogP contribution >= 0.6 is 23.2 Å². The summed E-state index contributed by atoms with van der Waals surface area (Å²) < 4.78 is 7.32. The van der Waals surface area contributed by atoms with Crippen LogP contribution in [0.15, 0.2) is 30.6 Å². The fourth-order valence-electron chi connectivity index (χ4n) is 1.65. The van der Waals surface area contributed by atoms with Crippen LogP contribution in [0, 0.1) is 6.92 Å². The highest BCUT2D eigenvalue weighted by atomic mass is 35.5. The average Bonchev–Trinajstić information content (AvgIpc) is 2.76. The number of aliphatic hydroxyl groups excluding tert-OH is 1. The zero-order valence-corrected chi connectivity index (χ0v) is 11.9. The van der Waals surface area contributed by atoms with Crippen LogP contribution in [0.1, 0.15) is 5.82 Å². The fourth-order valence-corrected chi connectivity index (χ4v) is 1.98. The van der Waals surface area contributed by atoms with Crippen LogP contribution in [0.4, 0.5) is 0 Å². The first kappa shape index (κ1) is 14.2. The molecule has 2 aromatic rings. The quantitative estimate of drug-likeness (QED) is 0.923. The van der Waals surface area contributed by atoms with Gasteiger partial charge in [0.15, 0.2) is 0 Å². The molecule has 1 aromatic carbocycles. The van der Waals surface area contributed by atoms with Gasteiger partial charge >= 0.3 is 0 Å². The monoisotopic (exact) mass is 300 g/mol. The molecule has 1 atom stereocenters. The Labute approximate surface area is 121 Å². The molecule has 4 nitrogen and oxygen atoms in total. The molecule has 19 heavy (non-hydrogen) atoms. The molecular formula is C13H14Cl2N2O2. The van der Waals surface area contributed by atoms with Crippen LogP contribution in [0.25, 0.3) is 0 Å². The zero-order chi connectivity index (χ0) is 13.8. The number of ether oxygens (including phenoxy) is 1. The predicted molar refractivity (Wildman–Crippen MR) is 74.9 cm³/mol. The molecule has 0 bridgehead atoms. The van der Waals surface area contributed by atoms with Gasteiger partial charge in [-0.25, -0.2) is 4.98 Å². The number of imidazole rings is 1. The lowest BCUT2D eigenvalue weighted by atomic mass is 10.3. The van der Waals surface area contributed by atoms with E-state index in [0.29, 0.717) is 22.3 Å². The van der Waals surface area contributed by atoms with E-state index in [9.17, 15) is 5.11 Å². The summed E-state index contributed by atoms with van der Waals surface area (Å²) >= 11 is 11.8. The molecule has 2 rings (SSSR count). The van der Waals surface area contributed by atoms with E-state index in [1.807, 2.05) is 17.7 Å². The summed E-state index contributed by atoms with van der Waals surface area (Å²) in [7, 11) is 0. The van der Waals surface area contributed by atoms with E-state index in [1.165, 1.54) is 0 Å². The van der Waals surface area contributed by atoms with Gasteiger partial charge in [0.1, 0.15) is 24.3 Å². The maximum atomic E-state index is 9.92. The minimum absolute atomic E-state index is 0.137. The van der Waals surface area contributed by atoms with Gasteiger partial charge in [-0.15, -0.1) is 0 Å². The van der Waals surface area contributed by atoms with Crippen molar-refractivity contribution in [3.8, 4) is 5.75 Å². The van der Waals surface area contributed by atoms with Crippen molar-refractivity contribution in [3.63, 3.8) is 0 Å². The van der Waals surface area contributed by atoms with Crippen molar-refractivity contribution in [2.75, 3.05) is 6.61 Å². The maximum Gasteiger partial charge on any atom is 0.139 e. The topological polar surface area (TPSA) is 47.3 Å². The zero-order valence-electron chi connectivity index (χ0n) is 10.4. The first-order valence-electron chi connectivity index (χ1n) is 5.80. The number of aromatic nitrogens is 2. The van der Waals surface area contributed by atoms with Crippen molar-refractivity contribution in [1.29, 1.82) is 0 Å². The lowest BCUT2D eigenvalue weighted by Gasteiger charge is -2.14. The number of rotatable bonds is 5. The number of benzene rings is 1. The van der Waals surface area contributed by atoms with Crippen LogP contribution < -0.4 is 4.74 Å². The molecule has 0 saturated carbocycles. The number of aryl methyl sites for hydroxylation is 1. The Bertz CT molecular complexity index is 557. The lowest BCUT2D eigenvalue weighted by molar-refractivity contribution is 0.0920. The summed E-state index contributed by atoms with van der Waals surface area (Å²) in [6.45, 7) is 2.43. The van der Waals surface area contributed by atoms with E-state index < -0.39 is 6.10 Å². The summed E-state index contributed by atoms with van der Waals surface area (Å²) in [5, 5.41) is 10.9. The Balaban J connectivity index is 1.91. The standard InChI is InChI=1S/C13H14Cl2N2O2/c1-9-16-4-5-17(9)7-11(18)8-19-13-6-10(14)2-3-12(13)15/h2-6,11,18H,7-8H2,1H3. The molecule has 0 fully saturated rings. The van der Waals surface area contributed by atoms with E-state index in [4.69, 9.17) is 27.9 Å². The van der Waals surface area contributed by atoms with Gasteiger partial charge in [-0.1, -0.05) is 23.2 Å². The third-order valence-corrected chi connectivity index (χ3v) is 3.20. The maximum absolute atomic E-state index is 9.92. The number of halogens is 2. The summed E-state index contributed by atoms with van der Waals surface area (Å²) in [5.74, 6) is 1.32. The second-order valence-corrected chi connectivity index (χ2v) is 5.01. The van der Waals surface area contributed by atoms with Gasteiger partial charge in [0, 0.05) is 23.5 Å². The SMILES string of the molecule is Cc1nccn1CC(O)COc1cc(Cl)ccc1Cl. The Morgan fingerprint density at radius 3 is 2.89 bits per heavy atom. The van der Waals surface area contributed by atoms with E-state index in [0.717, 1.165) is 5.82 Å². The van der Waals surface area contributed by atoms with Crippen LogP contribution in [0.3, 0.4) is 0 Å². The first-order chi connectivity index (χ1) is 9.06. The van der Waals surface area contributed by atoms with Crippen LogP contribution in [-0.2, 0) is 6.54 Å². The highest BCUT2D eigenvalue weighted by molar-refractivity contribution is 6.34. The first-order valence-corrected chi connectivity index (χ1v) is 6.55. The second kappa shape index (κ2) is 6.28. The molecule has 102 valence electrons. The van der Waals surface area contributed by atoms with Gasteiger partial charge in [-0.2, -0.15) is 0 Å². The van der Waals surface area contributed by atoms with Crippen LogP contribution in [0.5, 0.6) is 5.75 Å². The molecule has 0 saturated heterocycles. The van der Waals surface area contributed by atoms with E-state index in [2.05, 4.69) is 4.98 Å². The number of hydrogen-bond donors (Lipinski definition) is 1. The molecule has 1 heterocycles. The molecule has 0 aliphatic carbocycles. The molecule has 6 heteroatoms. The highest BCUT2D eigenvalue weighted by Crippen LogP contribution is 2.27. The number of nitrogens with zero attached hydrogens (tertiary/aromatic N) is 2. The molecule has 1 aromatic heterocycles. The van der Waals surface area contributed by atoms with Crippen LogP contribution in [0.2, 0.25) is 10.0 Å². The summed E-state index contributed by atoms with van der Waals surface area (Å²) in [5.41, 5.74) is 0. The van der Waals surface area contributed by atoms with Gasteiger partial charge in [-0.3, -0.25) is 0 Å². The molecule has 0 aliphatic heterocycles. The predicted octanol–water partition coefficient (Wildman–Crippen LogP) is 2.94. The molecular weight excluding hydrogens is 287 g/mol. The fraction of sp³-hybridized carbons (Fsp3) is 0.308. The minimum atomic E-state index is -0.650. The third kappa shape index (κ3) is 3.86. The van der Waals surface area contributed by atoms with E-state index in [-0.39, 0.29) is 6.61 Å². The average molecular weight is 301 g/mol. The third-order valence-electron chi connectivity index (χ3n) is 2.66. The van der Waals surface area contributed by atoms with Crippen molar-refractivity contribution < 1.29 is 9.84 Å². The number of aliphatic hydroxyl groups is 1. The van der Waals surface area contributed by atoms with E-state index in [1.54, 1.807) is 24.4 Å². The molecule has 0 amide bonds. The smallest absolute Gasteiger partial charge is 0.139 e. The Kier molecular flexibility index (Phi) is 4.69. The van der Waals surface area contributed by atoms with Gasteiger partial charge < -0.3 is 14.4 Å². The normalized spacial score (nSPS) is 12.4. The Morgan fingerprint density at radius 2 is 2.21 bits per heavy atom. The van der Waals surface area contributed by atoms with Crippen molar-refractivity contribution in [2.45, 2.75) is 19.6 Å². The summed E-state index contributed by atoms with van der Waals surface area (Å²) in [6.07, 6.45) is 2.85. The lowest BCUT2D eigenvalue weighted by Crippen LogP contribution is -2.23. The van der Waals surface area contributed by atoms with Gasteiger partial charge in [0.25, 0.3) is 0 Å². The van der Waals surface area contributed by atoms with Crippen LogP contribution in [-0.4, -0.2) is 27.4 Å². The molecule has 1 unspecified atom stereocenters. The Hall–Kier alpha value is -1.23.